The Morgan fingerprint density at radius 1 is 1.00 bits per heavy atom. The fourth-order valence-corrected chi connectivity index (χ4v) is 5.60. The molecule has 1 aliphatic carbocycles. The molecule has 2 aromatic heterocycles. The molecule has 2 aliphatic rings. The van der Waals surface area contributed by atoms with Crippen molar-refractivity contribution in [3.05, 3.63) is 39.9 Å². The van der Waals surface area contributed by atoms with Crippen LogP contribution in [0.4, 0.5) is 0 Å². The first-order valence-electron chi connectivity index (χ1n) is 12.6. The zero-order chi connectivity index (χ0) is 29.1. The number of nitrogens with zero attached hydrogens (tertiary/aromatic N) is 2. The van der Waals surface area contributed by atoms with Gasteiger partial charge in [-0.2, -0.15) is 5.26 Å². The minimum absolute atomic E-state index is 0.0791. The average Bonchev–Trinajstić information content (AvgIpc) is 3.57. The second kappa shape index (κ2) is 12.0. The van der Waals surface area contributed by atoms with Crippen molar-refractivity contribution < 1.29 is 47.3 Å². The molecule has 0 bridgehead atoms. The van der Waals surface area contributed by atoms with E-state index in [2.05, 4.69) is 6.07 Å². The van der Waals surface area contributed by atoms with Crippen LogP contribution in [0.1, 0.15) is 57.2 Å². The van der Waals surface area contributed by atoms with Crippen LogP contribution in [0.5, 0.6) is 0 Å². The minimum atomic E-state index is -1.36. The number of carbonyl (C=O) groups is 4. The van der Waals surface area contributed by atoms with Crippen LogP contribution >= 0.6 is 12.2 Å². The second-order valence-corrected chi connectivity index (χ2v) is 9.77. The summed E-state index contributed by atoms with van der Waals surface area (Å²) in [7, 11) is 0. The van der Waals surface area contributed by atoms with Gasteiger partial charge >= 0.3 is 23.9 Å². The molecule has 0 spiro atoms. The Kier molecular flexibility index (Phi) is 8.70. The molecule has 1 saturated heterocycles. The number of rotatable bonds is 7. The topological polar surface area (TPSA) is 156 Å². The number of esters is 4. The Bertz CT molecular complexity index is 1420. The van der Waals surface area contributed by atoms with E-state index < -0.39 is 54.5 Å². The van der Waals surface area contributed by atoms with Gasteiger partial charge in [0.25, 0.3) is 0 Å². The lowest BCUT2D eigenvalue weighted by atomic mass is 9.95. The highest BCUT2D eigenvalue weighted by Gasteiger charge is 2.53. The molecule has 13 heteroatoms. The molecule has 0 radical (unpaired) electrons. The van der Waals surface area contributed by atoms with E-state index in [1.54, 1.807) is 16.7 Å². The third-order valence-electron chi connectivity index (χ3n) is 6.56. The van der Waals surface area contributed by atoms with Crippen molar-refractivity contribution >= 4 is 36.1 Å². The van der Waals surface area contributed by atoms with Crippen LogP contribution in [0, 0.1) is 16.0 Å². The number of carbonyl (C=O) groups excluding carboxylic acids is 4. The van der Waals surface area contributed by atoms with Gasteiger partial charge in [0.05, 0.1) is 11.8 Å². The fourth-order valence-electron chi connectivity index (χ4n) is 5.24. The molecule has 2 aromatic rings. The Hall–Kier alpha value is -4.02. The van der Waals surface area contributed by atoms with E-state index in [9.17, 15) is 24.4 Å². The molecular formula is C27H28N2O10S. The van der Waals surface area contributed by atoms with Crippen molar-refractivity contribution in [2.45, 2.75) is 77.6 Å². The lowest BCUT2D eigenvalue weighted by Gasteiger charge is -2.45. The van der Waals surface area contributed by atoms with E-state index in [0.29, 0.717) is 24.2 Å². The first-order chi connectivity index (χ1) is 19.0. The Morgan fingerprint density at radius 3 is 2.23 bits per heavy atom. The second-order valence-electron chi connectivity index (χ2n) is 9.38. The maximum Gasteiger partial charge on any atom is 0.303 e. The van der Waals surface area contributed by atoms with Gasteiger partial charge in [-0.25, -0.2) is 0 Å². The number of aromatic nitrogens is 1. The minimum Gasteiger partial charge on any atom is -0.464 e. The van der Waals surface area contributed by atoms with Gasteiger partial charge in [-0.15, -0.1) is 0 Å². The van der Waals surface area contributed by atoms with E-state index in [-0.39, 0.29) is 16.8 Å². The van der Waals surface area contributed by atoms with Crippen LogP contribution in [0.15, 0.2) is 22.8 Å². The third-order valence-corrected chi connectivity index (χ3v) is 6.96. The number of fused-ring (bicyclic) bond motifs is 1. The van der Waals surface area contributed by atoms with Crippen molar-refractivity contribution in [1.29, 1.82) is 5.26 Å². The Morgan fingerprint density at radius 2 is 1.65 bits per heavy atom. The molecule has 40 heavy (non-hydrogen) atoms. The molecule has 5 atom stereocenters. The van der Waals surface area contributed by atoms with Crippen LogP contribution in [-0.2, 0) is 55.7 Å². The summed E-state index contributed by atoms with van der Waals surface area (Å²) in [5, 5.41) is 10.2. The summed E-state index contributed by atoms with van der Waals surface area (Å²) in [6.45, 7) is 4.28. The molecule has 1 aliphatic heterocycles. The van der Waals surface area contributed by atoms with E-state index in [1.165, 1.54) is 13.2 Å². The average molecular weight is 573 g/mol. The maximum absolute atomic E-state index is 12.3. The van der Waals surface area contributed by atoms with Gasteiger partial charge in [0.2, 0.25) is 0 Å². The summed E-state index contributed by atoms with van der Waals surface area (Å²) in [4.78, 5) is 48.2. The molecule has 3 heterocycles. The van der Waals surface area contributed by atoms with Gasteiger partial charge in [-0.05, 0) is 37.0 Å². The molecule has 0 N–H and O–H groups in total. The van der Waals surface area contributed by atoms with Crippen LogP contribution < -0.4 is 0 Å². The predicted molar refractivity (Wildman–Crippen MR) is 137 cm³/mol. The normalized spacial score (nSPS) is 23.4. The van der Waals surface area contributed by atoms with Gasteiger partial charge in [0, 0.05) is 39.0 Å². The molecule has 0 saturated carbocycles. The van der Waals surface area contributed by atoms with Gasteiger partial charge < -0.3 is 32.7 Å². The summed E-state index contributed by atoms with van der Waals surface area (Å²) >= 11 is 5.81. The van der Waals surface area contributed by atoms with Crippen molar-refractivity contribution in [2.75, 3.05) is 6.61 Å². The van der Waals surface area contributed by atoms with Crippen LogP contribution in [-0.4, -0.2) is 59.5 Å². The van der Waals surface area contributed by atoms with Crippen molar-refractivity contribution in [1.82, 2.24) is 4.57 Å². The lowest BCUT2D eigenvalue weighted by Crippen LogP contribution is -2.60. The van der Waals surface area contributed by atoms with E-state index in [0.717, 1.165) is 38.4 Å². The fraction of sp³-hybridized carbons (Fsp3) is 0.481. The quantitative estimate of drug-likeness (QED) is 0.272. The molecule has 1 fully saturated rings. The van der Waals surface area contributed by atoms with Gasteiger partial charge in [-0.3, -0.25) is 19.2 Å². The first-order valence-corrected chi connectivity index (χ1v) is 13.0. The number of ether oxygens (including phenoxy) is 5. The van der Waals surface area contributed by atoms with Gasteiger partial charge in [0.15, 0.2) is 24.5 Å². The highest BCUT2D eigenvalue weighted by molar-refractivity contribution is 7.71. The zero-order valence-electron chi connectivity index (χ0n) is 22.3. The summed E-state index contributed by atoms with van der Waals surface area (Å²) < 4.78 is 35.5. The highest BCUT2D eigenvalue weighted by atomic mass is 32.1. The smallest absolute Gasteiger partial charge is 0.303 e. The molecule has 0 unspecified atom stereocenters. The summed E-state index contributed by atoms with van der Waals surface area (Å²) in [5.41, 5.74) is 2.26. The van der Waals surface area contributed by atoms with Crippen LogP contribution in [0.2, 0.25) is 0 Å². The molecule has 212 valence electrons. The number of pyridine rings is 1. The first kappa shape index (κ1) is 29.0. The standard InChI is InChI=1S/C27H28N2O10S/c1-13(30)35-12-21-23(36-14(2)31)24(37-15(3)32)25(38-16(4)33)26(39-21)29-19-8-5-7-17(19)22(18(11-28)27(29)40)20-9-6-10-34-20/h6,9-10,21,23-26H,5,7-8,12H2,1-4H3/t21-,23+,24+,25+,26-/m1/s1. The van der Waals surface area contributed by atoms with Gasteiger partial charge in [-0.1, -0.05) is 12.2 Å². The molecular weight excluding hydrogens is 544 g/mol. The molecule has 4 rings (SSSR count). The summed E-state index contributed by atoms with van der Waals surface area (Å²) in [6.07, 6.45) is -3.01. The van der Waals surface area contributed by atoms with Crippen molar-refractivity contribution in [3.63, 3.8) is 0 Å². The SMILES string of the molecule is CC(=O)OC[C@H]1O[C@@H](n2c3c(c(-c4ccco4)c(C#N)c2=S)CCC3)[C@@H](OC(C)=O)[C@@H](OC(C)=O)[C@H]1OC(C)=O. The summed E-state index contributed by atoms with van der Waals surface area (Å²) in [6, 6.07) is 5.62. The molecule has 0 amide bonds. The van der Waals surface area contributed by atoms with Crippen molar-refractivity contribution in [2.24, 2.45) is 0 Å². The summed E-state index contributed by atoms with van der Waals surface area (Å²) in [5.74, 6) is -2.35. The number of furan rings is 1. The monoisotopic (exact) mass is 572 g/mol. The molecule has 12 nitrogen and oxygen atoms in total. The number of hydrogen-bond donors (Lipinski definition) is 0. The highest BCUT2D eigenvalue weighted by Crippen LogP contribution is 2.42. The van der Waals surface area contributed by atoms with Crippen LogP contribution in [0.25, 0.3) is 11.3 Å². The van der Waals surface area contributed by atoms with E-state index >= 15 is 0 Å². The Labute approximate surface area is 234 Å². The zero-order valence-corrected chi connectivity index (χ0v) is 23.1. The Balaban J connectivity index is 1.95. The maximum atomic E-state index is 12.3. The van der Waals surface area contributed by atoms with E-state index in [1.807, 2.05) is 0 Å². The molecule has 0 aromatic carbocycles. The lowest BCUT2D eigenvalue weighted by molar-refractivity contribution is -0.269. The van der Waals surface area contributed by atoms with Crippen LogP contribution in [0.3, 0.4) is 0 Å². The van der Waals surface area contributed by atoms with Gasteiger partial charge in [0.1, 0.15) is 29.2 Å². The van der Waals surface area contributed by atoms with E-state index in [4.69, 9.17) is 40.3 Å². The van der Waals surface area contributed by atoms with Crippen molar-refractivity contribution in [3.8, 4) is 17.4 Å². The third kappa shape index (κ3) is 5.78. The largest absolute Gasteiger partial charge is 0.464 e. The predicted octanol–water partition coefficient (Wildman–Crippen LogP) is 3.09. The number of nitriles is 1. The number of hydrogen-bond acceptors (Lipinski definition) is 12.